The first-order valence-electron chi connectivity index (χ1n) is 5.55. The lowest BCUT2D eigenvalue weighted by Crippen LogP contribution is -1.79. The maximum atomic E-state index is 5.30. The highest BCUT2D eigenvalue weighted by Crippen LogP contribution is 2.07. The standard InChI is InChI=1S/C17H11Br/c1-2-14-3-5-15(6-4-14)7-8-16-9-11-17(13-18)12-10-16/h1,3-6,9-12H,13H2. The van der Waals surface area contributed by atoms with Gasteiger partial charge in [0.15, 0.2) is 0 Å². The second-order valence-electron chi connectivity index (χ2n) is 3.80. The first-order valence-corrected chi connectivity index (χ1v) is 6.67. The van der Waals surface area contributed by atoms with E-state index in [1.807, 2.05) is 36.4 Å². The lowest BCUT2D eigenvalue weighted by Gasteiger charge is -1.94. The summed E-state index contributed by atoms with van der Waals surface area (Å²) in [4.78, 5) is 0. The van der Waals surface area contributed by atoms with Gasteiger partial charge in [-0.15, -0.1) is 6.42 Å². The van der Waals surface area contributed by atoms with Crippen molar-refractivity contribution < 1.29 is 0 Å². The fourth-order valence-electron chi connectivity index (χ4n) is 1.47. The molecule has 0 radical (unpaired) electrons. The Morgan fingerprint density at radius 2 is 1.22 bits per heavy atom. The van der Waals surface area contributed by atoms with E-state index in [9.17, 15) is 0 Å². The number of benzene rings is 2. The molecule has 2 aromatic carbocycles. The second kappa shape index (κ2) is 6.10. The van der Waals surface area contributed by atoms with E-state index in [2.05, 4.69) is 45.8 Å². The first kappa shape index (κ1) is 12.5. The van der Waals surface area contributed by atoms with E-state index in [-0.39, 0.29) is 0 Å². The maximum absolute atomic E-state index is 5.30. The number of hydrogen-bond donors (Lipinski definition) is 0. The molecule has 0 saturated carbocycles. The summed E-state index contributed by atoms with van der Waals surface area (Å²) in [5, 5.41) is 0.869. The first-order chi connectivity index (χ1) is 8.81. The van der Waals surface area contributed by atoms with Gasteiger partial charge >= 0.3 is 0 Å². The van der Waals surface area contributed by atoms with Gasteiger partial charge in [-0.25, -0.2) is 0 Å². The van der Waals surface area contributed by atoms with Crippen LogP contribution in [0.4, 0.5) is 0 Å². The fourth-order valence-corrected chi connectivity index (χ4v) is 1.85. The summed E-state index contributed by atoms with van der Waals surface area (Å²) in [6.07, 6.45) is 5.30. The predicted octanol–water partition coefficient (Wildman–Crippen LogP) is 3.96. The smallest absolute Gasteiger partial charge is 0.0283 e. The minimum absolute atomic E-state index is 0.869. The Morgan fingerprint density at radius 1 is 0.778 bits per heavy atom. The molecule has 0 bridgehead atoms. The normalized spacial score (nSPS) is 9.11. The third kappa shape index (κ3) is 3.27. The zero-order valence-electron chi connectivity index (χ0n) is 9.78. The van der Waals surface area contributed by atoms with E-state index in [0.717, 1.165) is 22.0 Å². The van der Waals surface area contributed by atoms with Crippen molar-refractivity contribution in [3.05, 3.63) is 70.8 Å². The van der Waals surface area contributed by atoms with Gasteiger partial charge in [-0.1, -0.05) is 45.8 Å². The van der Waals surface area contributed by atoms with Gasteiger partial charge in [0.25, 0.3) is 0 Å². The molecule has 0 saturated heterocycles. The molecule has 0 unspecified atom stereocenters. The van der Waals surface area contributed by atoms with Crippen LogP contribution in [0.3, 0.4) is 0 Å². The molecule has 0 heterocycles. The minimum Gasteiger partial charge on any atom is -0.115 e. The summed E-state index contributed by atoms with van der Waals surface area (Å²) < 4.78 is 0. The van der Waals surface area contributed by atoms with Crippen LogP contribution in [0.5, 0.6) is 0 Å². The predicted molar refractivity (Wildman–Crippen MR) is 79.4 cm³/mol. The summed E-state index contributed by atoms with van der Waals surface area (Å²) in [6.45, 7) is 0. The average molecular weight is 295 g/mol. The molecule has 0 amide bonds. The third-order valence-corrected chi connectivity index (χ3v) is 3.16. The molecule has 0 spiro atoms. The van der Waals surface area contributed by atoms with Crippen molar-refractivity contribution >= 4 is 15.9 Å². The molecule has 0 aliphatic carbocycles. The molecule has 2 aromatic rings. The van der Waals surface area contributed by atoms with Crippen LogP contribution in [-0.2, 0) is 5.33 Å². The highest BCUT2D eigenvalue weighted by atomic mass is 79.9. The third-order valence-electron chi connectivity index (χ3n) is 2.51. The van der Waals surface area contributed by atoms with Crippen molar-refractivity contribution in [1.82, 2.24) is 0 Å². The van der Waals surface area contributed by atoms with Crippen molar-refractivity contribution in [2.24, 2.45) is 0 Å². The second-order valence-corrected chi connectivity index (χ2v) is 4.36. The molecule has 0 N–H and O–H groups in total. The van der Waals surface area contributed by atoms with Gasteiger partial charge in [0, 0.05) is 22.0 Å². The van der Waals surface area contributed by atoms with Gasteiger partial charge < -0.3 is 0 Å². The Labute approximate surface area is 116 Å². The van der Waals surface area contributed by atoms with E-state index in [1.165, 1.54) is 5.56 Å². The molecule has 0 atom stereocenters. The van der Waals surface area contributed by atoms with Gasteiger partial charge in [0.2, 0.25) is 0 Å². The van der Waals surface area contributed by atoms with Crippen molar-refractivity contribution in [2.75, 3.05) is 0 Å². The van der Waals surface area contributed by atoms with Crippen molar-refractivity contribution in [2.45, 2.75) is 5.33 Å². The van der Waals surface area contributed by atoms with Crippen LogP contribution in [0.15, 0.2) is 48.5 Å². The Balaban J connectivity index is 2.17. The minimum atomic E-state index is 0.869. The summed E-state index contributed by atoms with van der Waals surface area (Å²) in [5.41, 5.74) is 4.11. The van der Waals surface area contributed by atoms with E-state index in [1.54, 1.807) is 0 Å². The summed E-state index contributed by atoms with van der Waals surface area (Å²) in [7, 11) is 0. The van der Waals surface area contributed by atoms with Gasteiger partial charge in [-0.05, 0) is 42.0 Å². The van der Waals surface area contributed by atoms with E-state index >= 15 is 0 Å². The van der Waals surface area contributed by atoms with Crippen LogP contribution < -0.4 is 0 Å². The van der Waals surface area contributed by atoms with Crippen LogP contribution in [0, 0.1) is 24.2 Å². The quantitative estimate of drug-likeness (QED) is 0.552. The number of rotatable bonds is 1. The van der Waals surface area contributed by atoms with Crippen LogP contribution in [0.2, 0.25) is 0 Å². The molecule has 0 aliphatic rings. The lowest BCUT2D eigenvalue weighted by molar-refractivity contribution is 1.43. The van der Waals surface area contributed by atoms with E-state index < -0.39 is 0 Å². The maximum Gasteiger partial charge on any atom is 0.0283 e. The molecule has 0 nitrogen and oxygen atoms in total. The molecular weight excluding hydrogens is 284 g/mol. The highest BCUT2D eigenvalue weighted by Gasteiger charge is 1.90. The Kier molecular flexibility index (Phi) is 4.24. The number of terminal acetylenes is 1. The van der Waals surface area contributed by atoms with Crippen molar-refractivity contribution in [3.8, 4) is 24.2 Å². The molecule has 1 heteroatoms. The van der Waals surface area contributed by atoms with Crippen molar-refractivity contribution in [1.29, 1.82) is 0 Å². The number of alkyl halides is 1. The Morgan fingerprint density at radius 3 is 1.67 bits per heavy atom. The average Bonchev–Trinajstić information content (AvgIpc) is 2.46. The molecular formula is C17H11Br. The van der Waals surface area contributed by atoms with E-state index in [4.69, 9.17) is 6.42 Å². The zero-order chi connectivity index (χ0) is 12.8. The number of hydrogen-bond acceptors (Lipinski definition) is 0. The van der Waals surface area contributed by atoms with E-state index in [0.29, 0.717) is 0 Å². The molecule has 0 aromatic heterocycles. The highest BCUT2D eigenvalue weighted by molar-refractivity contribution is 9.08. The Hall–Kier alpha value is -1.96. The summed E-state index contributed by atoms with van der Waals surface area (Å²) >= 11 is 3.42. The monoisotopic (exact) mass is 294 g/mol. The largest absolute Gasteiger partial charge is 0.115 e. The van der Waals surface area contributed by atoms with Gasteiger partial charge in [-0.3, -0.25) is 0 Å². The summed E-state index contributed by atoms with van der Waals surface area (Å²) in [5.74, 6) is 8.84. The van der Waals surface area contributed by atoms with Crippen molar-refractivity contribution in [3.63, 3.8) is 0 Å². The zero-order valence-corrected chi connectivity index (χ0v) is 11.4. The fraction of sp³-hybridized carbons (Fsp3) is 0.0588. The molecule has 18 heavy (non-hydrogen) atoms. The number of halogens is 1. The van der Waals surface area contributed by atoms with Crippen LogP contribution in [0.25, 0.3) is 0 Å². The molecule has 2 rings (SSSR count). The molecule has 86 valence electrons. The van der Waals surface area contributed by atoms with Crippen LogP contribution >= 0.6 is 15.9 Å². The Bertz CT molecular complexity index is 617. The topological polar surface area (TPSA) is 0 Å². The van der Waals surface area contributed by atoms with Gasteiger partial charge in [0.05, 0.1) is 0 Å². The molecule has 0 aliphatic heterocycles. The van der Waals surface area contributed by atoms with Gasteiger partial charge in [0.1, 0.15) is 0 Å². The van der Waals surface area contributed by atoms with Crippen LogP contribution in [-0.4, -0.2) is 0 Å². The molecule has 0 fully saturated rings. The lowest BCUT2D eigenvalue weighted by atomic mass is 10.1. The summed E-state index contributed by atoms with van der Waals surface area (Å²) in [6, 6.07) is 15.9. The SMILES string of the molecule is C#Cc1ccc(C#Cc2ccc(CBr)cc2)cc1. The van der Waals surface area contributed by atoms with Gasteiger partial charge in [-0.2, -0.15) is 0 Å². The van der Waals surface area contributed by atoms with Crippen LogP contribution in [0.1, 0.15) is 22.3 Å².